The van der Waals surface area contributed by atoms with Crippen LogP contribution in [0.4, 0.5) is 0 Å². The van der Waals surface area contributed by atoms with E-state index in [-0.39, 0.29) is 5.91 Å². The second kappa shape index (κ2) is 9.02. The maximum atomic E-state index is 11.9. The highest BCUT2D eigenvalue weighted by Crippen LogP contribution is 2.05. The van der Waals surface area contributed by atoms with Gasteiger partial charge in [-0.15, -0.1) is 0 Å². The molecule has 0 aliphatic carbocycles. The zero-order chi connectivity index (χ0) is 15.0. The van der Waals surface area contributed by atoms with Crippen molar-refractivity contribution in [3.05, 3.63) is 35.9 Å². The summed E-state index contributed by atoms with van der Waals surface area (Å²) in [6, 6.07) is 8.72. The number of thioether (sulfide) groups is 1. The third-order valence-corrected chi connectivity index (χ3v) is 3.60. The number of nitrogens with one attached hydrogen (secondary N) is 1. The molecule has 1 amide bonds. The zero-order valence-corrected chi connectivity index (χ0v) is 12.3. The van der Waals surface area contributed by atoms with Gasteiger partial charge in [-0.05, 0) is 30.4 Å². The SMILES string of the molecule is CSCC[C@H](N)C(=O)N[C@@H](Cc1ccccc1)B(O)O. The third kappa shape index (κ3) is 5.96. The summed E-state index contributed by atoms with van der Waals surface area (Å²) in [5.74, 6) is -0.321. The summed E-state index contributed by atoms with van der Waals surface area (Å²) in [6.45, 7) is 0. The lowest BCUT2D eigenvalue weighted by Crippen LogP contribution is -2.52. The van der Waals surface area contributed by atoms with Crippen molar-refractivity contribution in [3.8, 4) is 0 Å². The quantitative estimate of drug-likeness (QED) is 0.499. The minimum atomic E-state index is -1.62. The largest absolute Gasteiger partial charge is 0.475 e. The predicted molar refractivity (Wildman–Crippen MR) is 83.2 cm³/mol. The lowest BCUT2D eigenvalue weighted by molar-refractivity contribution is -0.122. The van der Waals surface area contributed by atoms with E-state index in [1.54, 1.807) is 11.8 Å². The van der Waals surface area contributed by atoms with Crippen molar-refractivity contribution in [2.24, 2.45) is 5.73 Å². The van der Waals surface area contributed by atoms with Gasteiger partial charge >= 0.3 is 7.12 Å². The highest BCUT2D eigenvalue weighted by Gasteiger charge is 2.27. The highest BCUT2D eigenvalue weighted by atomic mass is 32.2. The minimum absolute atomic E-state index is 0.347. The van der Waals surface area contributed by atoms with Crippen LogP contribution in [0.3, 0.4) is 0 Å². The summed E-state index contributed by atoms with van der Waals surface area (Å²) in [4.78, 5) is 11.9. The monoisotopic (exact) mass is 296 g/mol. The first-order chi connectivity index (χ1) is 9.54. The van der Waals surface area contributed by atoms with Crippen LogP contribution in [0.5, 0.6) is 0 Å². The Balaban J connectivity index is 2.57. The Morgan fingerprint density at radius 1 is 1.40 bits per heavy atom. The molecule has 1 aromatic rings. The molecule has 0 aliphatic heterocycles. The van der Waals surface area contributed by atoms with E-state index in [0.717, 1.165) is 11.3 Å². The third-order valence-electron chi connectivity index (χ3n) is 2.96. The van der Waals surface area contributed by atoms with Gasteiger partial charge in [0.25, 0.3) is 0 Å². The van der Waals surface area contributed by atoms with Gasteiger partial charge < -0.3 is 21.1 Å². The molecule has 2 atom stereocenters. The van der Waals surface area contributed by atoms with Crippen molar-refractivity contribution < 1.29 is 14.8 Å². The van der Waals surface area contributed by atoms with E-state index in [0.29, 0.717) is 12.8 Å². The van der Waals surface area contributed by atoms with E-state index in [1.165, 1.54) is 0 Å². The normalized spacial score (nSPS) is 13.6. The number of hydrogen-bond donors (Lipinski definition) is 4. The van der Waals surface area contributed by atoms with Gasteiger partial charge in [0, 0.05) is 0 Å². The molecule has 0 saturated carbocycles. The lowest BCUT2D eigenvalue weighted by atomic mass is 9.75. The minimum Gasteiger partial charge on any atom is -0.426 e. The molecular formula is C13H21BN2O3S. The number of carbonyl (C=O) groups excluding carboxylic acids is 1. The standard InChI is InChI=1S/C13H21BN2O3S/c1-20-8-7-11(15)13(17)16-12(14(18)19)9-10-5-3-2-4-6-10/h2-6,11-12,18-19H,7-9,15H2,1H3,(H,16,17)/t11-,12-/m0/s1. The molecule has 110 valence electrons. The van der Waals surface area contributed by atoms with Crippen molar-refractivity contribution in [2.75, 3.05) is 12.0 Å². The number of benzene rings is 1. The maximum Gasteiger partial charge on any atom is 0.475 e. The van der Waals surface area contributed by atoms with Crippen molar-refractivity contribution in [1.82, 2.24) is 5.32 Å². The first kappa shape index (κ1) is 17.0. The van der Waals surface area contributed by atoms with Crippen LogP contribution >= 0.6 is 11.8 Å². The van der Waals surface area contributed by atoms with E-state index in [1.807, 2.05) is 36.6 Å². The molecule has 20 heavy (non-hydrogen) atoms. The second-order valence-corrected chi connectivity index (χ2v) is 5.59. The van der Waals surface area contributed by atoms with E-state index in [4.69, 9.17) is 5.73 Å². The van der Waals surface area contributed by atoms with Gasteiger partial charge in [-0.25, -0.2) is 0 Å². The number of amides is 1. The van der Waals surface area contributed by atoms with Crippen molar-refractivity contribution in [3.63, 3.8) is 0 Å². The topological polar surface area (TPSA) is 95.6 Å². The van der Waals surface area contributed by atoms with Crippen LogP contribution in [0.1, 0.15) is 12.0 Å². The van der Waals surface area contributed by atoms with E-state index < -0.39 is 19.1 Å². The summed E-state index contributed by atoms with van der Waals surface area (Å²) in [5, 5.41) is 21.4. The molecule has 0 radical (unpaired) electrons. The first-order valence-corrected chi connectivity index (χ1v) is 7.89. The molecular weight excluding hydrogens is 275 g/mol. The Labute approximate surface area is 124 Å². The number of hydrogen-bond acceptors (Lipinski definition) is 5. The molecule has 0 aromatic heterocycles. The summed E-state index contributed by atoms with van der Waals surface area (Å²) in [7, 11) is -1.62. The molecule has 0 unspecified atom stereocenters. The zero-order valence-electron chi connectivity index (χ0n) is 11.5. The number of carbonyl (C=O) groups is 1. The molecule has 0 heterocycles. The molecule has 5 N–H and O–H groups in total. The average Bonchev–Trinajstić information content (AvgIpc) is 2.44. The Morgan fingerprint density at radius 3 is 2.60 bits per heavy atom. The summed E-state index contributed by atoms with van der Waals surface area (Å²) in [5.41, 5.74) is 6.68. The molecule has 0 bridgehead atoms. The first-order valence-electron chi connectivity index (χ1n) is 6.49. The van der Waals surface area contributed by atoms with Crippen molar-refractivity contribution >= 4 is 24.8 Å². The van der Waals surface area contributed by atoms with Crippen molar-refractivity contribution in [2.45, 2.75) is 24.8 Å². The highest BCUT2D eigenvalue weighted by molar-refractivity contribution is 7.98. The number of nitrogens with two attached hydrogens (primary N) is 1. The molecule has 1 rings (SSSR count). The van der Waals surface area contributed by atoms with Crippen LogP contribution in [-0.4, -0.2) is 47.1 Å². The van der Waals surface area contributed by atoms with Gasteiger partial charge in [0.05, 0.1) is 12.0 Å². The van der Waals surface area contributed by atoms with Crippen LogP contribution in [0.15, 0.2) is 30.3 Å². The fourth-order valence-corrected chi connectivity index (χ4v) is 2.25. The fourth-order valence-electron chi connectivity index (χ4n) is 1.76. The lowest BCUT2D eigenvalue weighted by Gasteiger charge is -2.20. The van der Waals surface area contributed by atoms with Gasteiger partial charge in [-0.2, -0.15) is 11.8 Å². The van der Waals surface area contributed by atoms with Crippen LogP contribution in [0, 0.1) is 0 Å². The van der Waals surface area contributed by atoms with Gasteiger partial charge in [0.15, 0.2) is 0 Å². The molecule has 1 aromatic carbocycles. The summed E-state index contributed by atoms with van der Waals surface area (Å²) < 4.78 is 0. The Morgan fingerprint density at radius 2 is 2.05 bits per heavy atom. The fraction of sp³-hybridized carbons (Fsp3) is 0.462. The Bertz CT molecular complexity index is 406. The van der Waals surface area contributed by atoms with Gasteiger partial charge in [-0.3, -0.25) is 4.79 Å². The molecule has 0 aliphatic rings. The van der Waals surface area contributed by atoms with Crippen molar-refractivity contribution in [1.29, 1.82) is 0 Å². The predicted octanol–water partition coefficient (Wildman–Crippen LogP) is -0.194. The van der Waals surface area contributed by atoms with E-state index in [2.05, 4.69) is 5.32 Å². The summed E-state index contributed by atoms with van der Waals surface area (Å²) >= 11 is 1.62. The number of rotatable bonds is 8. The molecule has 7 heteroatoms. The molecule has 0 spiro atoms. The smallest absolute Gasteiger partial charge is 0.426 e. The molecule has 0 fully saturated rings. The average molecular weight is 296 g/mol. The van der Waals surface area contributed by atoms with Crippen LogP contribution in [0.2, 0.25) is 0 Å². The molecule has 5 nitrogen and oxygen atoms in total. The second-order valence-electron chi connectivity index (χ2n) is 4.61. The van der Waals surface area contributed by atoms with E-state index >= 15 is 0 Å². The Hall–Kier alpha value is -1.02. The van der Waals surface area contributed by atoms with Gasteiger partial charge in [-0.1, -0.05) is 30.3 Å². The molecule has 0 saturated heterocycles. The van der Waals surface area contributed by atoms with Crippen LogP contribution < -0.4 is 11.1 Å². The summed E-state index contributed by atoms with van der Waals surface area (Å²) in [6.07, 6.45) is 2.85. The maximum absolute atomic E-state index is 11.9. The van der Waals surface area contributed by atoms with Crippen LogP contribution in [0.25, 0.3) is 0 Å². The van der Waals surface area contributed by atoms with Crippen LogP contribution in [-0.2, 0) is 11.2 Å². The van der Waals surface area contributed by atoms with E-state index in [9.17, 15) is 14.8 Å². The van der Waals surface area contributed by atoms with Gasteiger partial charge in [0.2, 0.25) is 5.91 Å². The van der Waals surface area contributed by atoms with Gasteiger partial charge in [0.1, 0.15) is 0 Å². The Kier molecular flexibility index (Phi) is 7.68.